The van der Waals surface area contributed by atoms with Gasteiger partial charge in [0.2, 0.25) is 11.8 Å². The largest absolute Gasteiger partial charge is 0.335 e. The molecule has 1 saturated heterocycles. The Hall–Kier alpha value is -3.03. The third-order valence-electron chi connectivity index (χ3n) is 4.60. The Bertz CT molecular complexity index is 941. The van der Waals surface area contributed by atoms with Crippen LogP contribution in [0.25, 0.3) is 0 Å². The molecule has 0 unspecified atom stereocenters. The lowest BCUT2D eigenvalue weighted by atomic mass is 10.1. The Labute approximate surface area is 155 Å². The van der Waals surface area contributed by atoms with E-state index in [4.69, 9.17) is 0 Å². The van der Waals surface area contributed by atoms with Crippen LogP contribution < -0.4 is 5.56 Å². The highest BCUT2D eigenvalue weighted by atomic mass is 19.1. The normalized spacial score (nSPS) is 14.6. The fourth-order valence-electron chi connectivity index (χ4n) is 3.17. The predicted octanol–water partition coefficient (Wildman–Crippen LogP) is 0.939. The summed E-state index contributed by atoms with van der Waals surface area (Å²) in [5, 5.41) is 0. The Kier molecular flexibility index (Phi) is 5.34. The number of aromatic amines is 1. The maximum Gasteiger partial charge on any atom is 0.254 e. The number of carbonyl (C=O) groups excluding carboxylic acids is 2. The van der Waals surface area contributed by atoms with Gasteiger partial charge in [-0.05, 0) is 31.5 Å². The summed E-state index contributed by atoms with van der Waals surface area (Å²) in [6, 6.07) is 6.10. The SMILES string of the molecule is Cc1nc(C)c(CC(=O)N2CCN(Cc3cccc(F)c3)C(=O)C2)c(=O)[nH]1. The van der Waals surface area contributed by atoms with Crippen LogP contribution >= 0.6 is 0 Å². The lowest BCUT2D eigenvalue weighted by Crippen LogP contribution is -2.52. The Morgan fingerprint density at radius 2 is 2.04 bits per heavy atom. The number of hydrogen-bond acceptors (Lipinski definition) is 4. The van der Waals surface area contributed by atoms with E-state index in [1.54, 1.807) is 30.9 Å². The molecule has 1 aliphatic rings. The van der Waals surface area contributed by atoms with E-state index in [0.29, 0.717) is 42.3 Å². The van der Waals surface area contributed by atoms with E-state index in [2.05, 4.69) is 9.97 Å². The number of aromatic nitrogens is 2. The maximum atomic E-state index is 13.3. The number of H-pyrrole nitrogens is 1. The highest BCUT2D eigenvalue weighted by molar-refractivity contribution is 5.87. The van der Waals surface area contributed by atoms with Gasteiger partial charge in [0, 0.05) is 30.9 Å². The van der Waals surface area contributed by atoms with Gasteiger partial charge >= 0.3 is 0 Å². The highest BCUT2D eigenvalue weighted by Crippen LogP contribution is 2.12. The molecule has 8 heteroatoms. The van der Waals surface area contributed by atoms with E-state index in [-0.39, 0.29) is 36.2 Å². The lowest BCUT2D eigenvalue weighted by Gasteiger charge is -2.34. The first-order valence-corrected chi connectivity index (χ1v) is 8.70. The molecule has 1 aliphatic heterocycles. The van der Waals surface area contributed by atoms with Crippen molar-refractivity contribution in [1.29, 1.82) is 0 Å². The van der Waals surface area contributed by atoms with Crippen molar-refractivity contribution >= 4 is 11.8 Å². The van der Waals surface area contributed by atoms with Gasteiger partial charge in [0.1, 0.15) is 11.6 Å². The van der Waals surface area contributed by atoms with Gasteiger partial charge in [0.25, 0.3) is 5.56 Å². The molecular weight excluding hydrogens is 351 g/mol. The van der Waals surface area contributed by atoms with Crippen LogP contribution in [-0.2, 0) is 22.6 Å². The van der Waals surface area contributed by atoms with Crippen molar-refractivity contribution in [3.8, 4) is 0 Å². The summed E-state index contributed by atoms with van der Waals surface area (Å²) in [5.41, 5.74) is 1.21. The van der Waals surface area contributed by atoms with Gasteiger partial charge in [0.05, 0.1) is 13.0 Å². The topological polar surface area (TPSA) is 86.4 Å². The Morgan fingerprint density at radius 3 is 2.70 bits per heavy atom. The van der Waals surface area contributed by atoms with E-state index in [9.17, 15) is 18.8 Å². The zero-order chi connectivity index (χ0) is 19.6. The molecule has 7 nitrogen and oxygen atoms in total. The molecule has 1 aromatic heterocycles. The van der Waals surface area contributed by atoms with E-state index < -0.39 is 0 Å². The molecule has 2 heterocycles. The number of piperazine rings is 1. The van der Waals surface area contributed by atoms with Gasteiger partial charge in [-0.25, -0.2) is 9.37 Å². The molecule has 3 rings (SSSR count). The molecule has 2 amide bonds. The number of benzene rings is 1. The summed E-state index contributed by atoms with van der Waals surface area (Å²) >= 11 is 0. The van der Waals surface area contributed by atoms with Crippen LogP contribution in [-0.4, -0.2) is 51.2 Å². The molecule has 1 fully saturated rings. The van der Waals surface area contributed by atoms with Crippen LogP contribution in [0.1, 0.15) is 22.6 Å². The molecule has 0 saturated carbocycles. The minimum Gasteiger partial charge on any atom is -0.335 e. The van der Waals surface area contributed by atoms with Crippen molar-refractivity contribution in [2.75, 3.05) is 19.6 Å². The van der Waals surface area contributed by atoms with E-state index >= 15 is 0 Å². The van der Waals surface area contributed by atoms with Crippen molar-refractivity contribution in [2.24, 2.45) is 0 Å². The number of rotatable bonds is 4. The summed E-state index contributed by atoms with van der Waals surface area (Å²) in [6.07, 6.45) is -0.0916. The summed E-state index contributed by atoms with van der Waals surface area (Å²) in [6.45, 7) is 4.35. The third kappa shape index (κ3) is 4.39. The van der Waals surface area contributed by atoms with E-state index in [1.807, 2.05) is 0 Å². The predicted molar refractivity (Wildman–Crippen MR) is 96.4 cm³/mol. The standard InChI is InChI=1S/C19H21FN4O3/c1-12-16(19(27)22-13(2)21-12)9-17(25)24-7-6-23(18(26)11-24)10-14-4-3-5-15(20)8-14/h3-5,8H,6-7,9-11H2,1-2H3,(H,21,22,27). The highest BCUT2D eigenvalue weighted by Gasteiger charge is 2.28. The first-order chi connectivity index (χ1) is 12.8. The zero-order valence-electron chi connectivity index (χ0n) is 15.3. The van der Waals surface area contributed by atoms with Gasteiger partial charge in [-0.2, -0.15) is 0 Å². The van der Waals surface area contributed by atoms with E-state index in [0.717, 1.165) is 0 Å². The second-order valence-corrected chi connectivity index (χ2v) is 6.65. The van der Waals surface area contributed by atoms with Gasteiger partial charge in [-0.15, -0.1) is 0 Å². The first kappa shape index (κ1) is 18.8. The summed E-state index contributed by atoms with van der Waals surface area (Å²) in [7, 11) is 0. The molecule has 142 valence electrons. The van der Waals surface area contributed by atoms with Crippen molar-refractivity contribution in [3.63, 3.8) is 0 Å². The number of aryl methyl sites for hydroxylation is 2. The summed E-state index contributed by atoms with van der Waals surface area (Å²) in [5.74, 6) is -0.338. The monoisotopic (exact) mass is 372 g/mol. The quantitative estimate of drug-likeness (QED) is 0.865. The molecule has 0 spiro atoms. The molecule has 2 aromatic rings. The lowest BCUT2D eigenvalue weighted by molar-refractivity contribution is -0.145. The number of amides is 2. The van der Waals surface area contributed by atoms with Crippen LogP contribution in [0, 0.1) is 19.7 Å². The smallest absolute Gasteiger partial charge is 0.254 e. The second kappa shape index (κ2) is 7.69. The van der Waals surface area contributed by atoms with Gasteiger partial charge in [-0.3, -0.25) is 14.4 Å². The van der Waals surface area contributed by atoms with Gasteiger partial charge < -0.3 is 14.8 Å². The molecule has 27 heavy (non-hydrogen) atoms. The molecule has 0 aliphatic carbocycles. The zero-order valence-corrected chi connectivity index (χ0v) is 15.3. The van der Waals surface area contributed by atoms with Crippen molar-refractivity contribution in [2.45, 2.75) is 26.8 Å². The summed E-state index contributed by atoms with van der Waals surface area (Å²) < 4.78 is 13.3. The number of nitrogens with one attached hydrogen (secondary N) is 1. The Balaban J connectivity index is 1.63. The van der Waals surface area contributed by atoms with Crippen LogP contribution in [0.2, 0.25) is 0 Å². The third-order valence-corrected chi connectivity index (χ3v) is 4.60. The van der Waals surface area contributed by atoms with Crippen LogP contribution in [0.15, 0.2) is 29.1 Å². The van der Waals surface area contributed by atoms with Crippen molar-refractivity contribution in [1.82, 2.24) is 19.8 Å². The van der Waals surface area contributed by atoms with Gasteiger partial charge in [0.15, 0.2) is 0 Å². The van der Waals surface area contributed by atoms with Crippen molar-refractivity contribution < 1.29 is 14.0 Å². The molecule has 0 atom stereocenters. The summed E-state index contributed by atoms with van der Waals surface area (Å²) in [4.78, 5) is 46.8. The average molecular weight is 372 g/mol. The fraction of sp³-hybridized carbons (Fsp3) is 0.368. The van der Waals surface area contributed by atoms with Crippen LogP contribution in [0.5, 0.6) is 0 Å². The van der Waals surface area contributed by atoms with Crippen LogP contribution in [0.3, 0.4) is 0 Å². The van der Waals surface area contributed by atoms with E-state index in [1.165, 1.54) is 17.0 Å². The number of hydrogen-bond donors (Lipinski definition) is 1. The van der Waals surface area contributed by atoms with Crippen LogP contribution in [0.4, 0.5) is 4.39 Å². The molecular formula is C19H21FN4O3. The minimum absolute atomic E-state index is 0.0512. The number of nitrogens with zero attached hydrogens (tertiary/aromatic N) is 3. The number of carbonyl (C=O) groups is 2. The fourth-order valence-corrected chi connectivity index (χ4v) is 3.17. The second-order valence-electron chi connectivity index (χ2n) is 6.65. The van der Waals surface area contributed by atoms with Crippen molar-refractivity contribution in [3.05, 3.63) is 63.1 Å². The number of halogens is 1. The first-order valence-electron chi connectivity index (χ1n) is 8.70. The molecule has 1 N–H and O–H groups in total. The van der Waals surface area contributed by atoms with Gasteiger partial charge in [-0.1, -0.05) is 12.1 Å². The molecule has 0 bridgehead atoms. The average Bonchev–Trinajstić information content (AvgIpc) is 2.59. The maximum absolute atomic E-state index is 13.3. The minimum atomic E-state index is -0.346. The molecule has 0 radical (unpaired) electrons. The Morgan fingerprint density at radius 1 is 1.26 bits per heavy atom. The molecule has 1 aromatic carbocycles.